The van der Waals surface area contributed by atoms with Crippen LogP contribution in [0.15, 0.2) is 24.3 Å². The number of benzene rings is 1. The molecule has 0 saturated carbocycles. The van der Waals surface area contributed by atoms with Crippen molar-refractivity contribution in [2.24, 2.45) is 7.05 Å². The van der Waals surface area contributed by atoms with Crippen molar-refractivity contribution >= 4 is 5.91 Å². The Kier molecular flexibility index (Phi) is 4.94. The Bertz CT molecular complexity index is 1070. The fraction of sp³-hybridized carbons (Fsp3) is 0.381. The third-order valence-corrected chi connectivity index (χ3v) is 5.67. The van der Waals surface area contributed by atoms with Gasteiger partial charge in [-0.15, -0.1) is 0 Å². The maximum Gasteiger partial charge on any atom is 0.272 e. The quantitative estimate of drug-likeness (QED) is 0.730. The first kappa shape index (κ1) is 19.3. The monoisotopic (exact) mass is 399 g/mol. The molecule has 2 aromatic heterocycles. The van der Waals surface area contributed by atoms with Crippen LogP contribution in [0.1, 0.15) is 40.3 Å². The highest BCUT2D eigenvalue weighted by atomic mass is 19.1. The van der Waals surface area contributed by atoms with Crippen LogP contribution in [0.4, 0.5) is 8.78 Å². The molecule has 6 nitrogen and oxygen atoms in total. The maximum absolute atomic E-state index is 14.0. The first-order valence-corrected chi connectivity index (χ1v) is 9.66. The van der Waals surface area contributed by atoms with Gasteiger partial charge in [-0.1, -0.05) is 0 Å². The topological polar surface area (TPSA) is 66.8 Å². The Balaban J connectivity index is 1.56. The molecule has 29 heavy (non-hydrogen) atoms. The summed E-state index contributed by atoms with van der Waals surface area (Å²) in [5.74, 6) is -1.10. The number of aromatic nitrogens is 4. The molecule has 3 heterocycles. The summed E-state index contributed by atoms with van der Waals surface area (Å²) in [5.41, 5.74) is 4.06. The molecule has 1 unspecified atom stereocenters. The number of hydrogen-bond donors (Lipinski definition) is 1. The Hall–Kier alpha value is -3.03. The number of hydrogen-bond acceptors (Lipinski definition) is 3. The molecule has 0 aliphatic carbocycles. The molecular formula is C21H23F2N5O. The molecule has 1 atom stereocenters. The van der Waals surface area contributed by atoms with Crippen molar-refractivity contribution in [2.75, 3.05) is 6.54 Å². The summed E-state index contributed by atoms with van der Waals surface area (Å²) in [6, 6.07) is 5.00. The van der Waals surface area contributed by atoms with Gasteiger partial charge < -0.3 is 4.90 Å². The molecule has 1 fully saturated rings. The van der Waals surface area contributed by atoms with E-state index >= 15 is 0 Å². The van der Waals surface area contributed by atoms with Gasteiger partial charge in [-0.3, -0.25) is 14.6 Å². The Morgan fingerprint density at radius 1 is 1.28 bits per heavy atom. The summed E-state index contributed by atoms with van der Waals surface area (Å²) in [7, 11) is 1.87. The smallest absolute Gasteiger partial charge is 0.272 e. The van der Waals surface area contributed by atoms with E-state index in [1.54, 1.807) is 15.6 Å². The molecule has 1 aromatic carbocycles. The van der Waals surface area contributed by atoms with Crippen molar-refractivity contribution in [3.05, 3.63) is 58.5 Å². The van der Waals surface area contributed by atoms with Gasteiger partial charge in [-0.25, -0.2) is 8.78 Å². The zero-order valence-electron chi connectivity index (χ0n) is 16.7. The van der Waals surface area contributed by atoms with Crippen LogP contribution >= 0.6 is 0 Å². The highest BCUT2D eigenvalue weighted by molar-refractivity contribution is 5.94. The zero-order chi connectivity index (χ0) is 20.7. The molecular weight excluding hydrogens is 376 g/mol. The average Bonchev–Trinajstić information content (AvgIpc) is 3.38. The summed E-state index contributed by atoms with van der Waals surface area (Å²) in [6.45, 7) is 4.44. The standard InChI is InChI=1S/C21H23F2N5O/c1-12-20(13(2)27(3)26-12)18-11-19(25-24-18)21(29)28-8-4-5-16(28)10-14-9-15(22)6-7-17(14)23/h6-7,9,11,16H,4-5,8,10H2,1-3H3,(H,24,25). The van der Waals surface area contributed by atoms with Gasteiger partial charge in [-0.2, -0.15) is 10.2 Å². The number of aromatic amines is 1. The molecule has 1 aliphatic rings. The van der Waals surface area contributed by atoms with Gasteiger partial charge >= 0.3 is 0 Å². The van der Waals surface area contributed by atoms with Crippen LogP contribution in [0.5, 0.6) is 0 Å². The number of likely N-dealkylation sites (tertiary alicyclic amines) is 1. The molecule has 3 aromatic rings. The predicted octanol–water partition coefficient (Wildman–Crippen LogP) is 3.55. The lowest BCUT2D eigenvalue weighted by Gasteiger charge is -2.24. The summed E-state index contributed by atoms with van der Waals surface area (Å²) in [5, 5.41) is 11.5. The zero-order valence-corrected chi connectivity index (χ0v) is 16.7. The summed E-state index contributed by atoms with van der Waals surface area (Å²) >= 11 is 0. The van der Waals surface area contributed by atoms with Crippen LogP contribution in [0.3, 0.4) is 0 Å². The number of halogens is 2. The second-order valence-electron chi connectivity index (χ2n) is 7.57. The molecule has 8 heteroatoms. The van der Waals surface area contributed by atoms with Gasteiger partial charge in [0.1, 0.15) is 17.3 Å². The van der Waals surface area contributed by atoms with Gasteiger partial charge in [0.15, 0.2) is 0 Å². The SMILES string of the molecule is Cc1nn(C)c(C)c1-c1cc(C(=O)N2CCCC2Cc2cc(F)ccc2F)[nH]n1. The average molecular weight is 399 g/mol. The Labute approximate surface area is 167 Å². The van der Waals surface area contributed by atoms with Gasteiger partial charge in [0.2, 0.25) is 0 Å². The van der Waals surface area contributed by atoms with Crippen molar-refractivity contribution in [1.82, 2.24) is 24.9 Å². The van der Waals surface area contributed by atoms with Crippen LogP contribution in [0, 0.1) is 25.5 Å². The van der Waals surface area contributed by atoms with Gasteiger partial charge in [0.25, 0.3) is 5.91 Å². The van der Waals surface area contributed by atoms with Crippen molar-refractivity contribution in [1.29, 1.82) is 0 Å². The fourth-order valence-corrected chi connectivity index (χ4v) is 4.13. The van der Waals surface area contributed by atoms with E-state index in [1.165, 1.54) is 6.07 Å². The molecule has 1 aliphatic heterocycles. The Morgan fingerprint density at radius 2 is 2.07 bits per heavy atom. The first-order chi connectivity index (χ1) is 13.8. The lowest BCUT2D eigenvalue weighted by atomic mass is 10.0. The van der Waals surface area contributed by atoms with E-state index in [1.807, 2.05) is 20.9 Å². The van der Waals surface area contributed by atoms with Crippen molar-refractivity contribution in [3.8, 4) is 11.3 Å². The molecule has 1 N–H and O–H groups in total. The second kappa shape index (κ2) is 7.42. The van der Waals surface area contributed by atoms with E-state index in [0.717, 1.165) is 41.9 Å². The van der Waals surface area contributed by atoms with Crippen LogP contribution < -0.4 is 0 Å². The van der Waals surface area contributed by atoms with Gasteiger partial charge in [0, 0.05) is 30.9 Å². The van der Waals surface area contributed by atoms with E-state index in [-0.39, 0.29) is 18.4 Å². The number of H-pyrrole nitrogens is 1. The maximum atomic E-state index is 14.0. The lowest BCUT2D eigenvalue weighted by Crippen LogP contribution is -2.37. The predicted molar refractivity (Wildman–Crippen MR) is 104 cm³/mol. The largest absolute Gasteiger partial charge is 0.334 e. The minimum atomic E-state index is -0.474. The number of amides is 1. The number of carbonyl (C=O) groups is 1. The van der Waals surface area contributed by atoms with Crippen LogP contribution in [-0.4, -0.2) is 43.4 Å². The molecule has 1 amide bonds. The van der Waals surface area contributed by atoms with E-state index in [9.17, 15) is 13.6 Å². The number of nitrogens with one attached hydrogen (secondary N) is 1. The highest BCUT2D eigenvalue weighted by Gasteiger charge is 2.31. The van der Waals surface area contributed by atoms with Crippen molar-refractivity contribution in [2.45, 2.75) is 39.2 Å². The molecule has 152 valence electrons. The Morgan fingerprint density at radius 3 is 2.79 bits per heavy atom. The fourth-order valence-electron chi connectivity index (χ4n) is 4.13. The molecule has 4 rings (SSSR count). The number of aryl methyl sites for hydroxylation is 2. The lowest BCUT2D eigenvalue weighted by molar-refractivity contribution is 0.0730. The molecule has 1 saturated heterocycles. The number of nitrogens with zero attached hydrogens (tertiary/aromatic N) is 4. The minimum absolute atomic E-state index is 0.174. The molecule has 0 bridgehead atoms. The highest BCUT2D eigenvalue weighted by Crippen LogP contribution is 2.28. The molecule has 0 spiro atoms. The normalized spacial score (nSPS) is 16.6. The van der Waals surface area contributed by atoms with Crippen LogP contribution in [0.2, 0.25) is 0 Å². The summed E-state index contributed by atoms with van der Waals surface area (Å²) in [4.78, 5) is 14.8. The minimum Gasteiger partial charge on any atom is -0.334 e. The summed E-state index contributed by atoms with van der Waals surface area (Å²) < 4.78 is 29.3. The van der Waals surface area contributed by atoms with E-state index in [2.05, 4.69) is 15.3 Å². The molecule has 0 radical (unpaired) electrons. The van der Waals surface area contributed by atoms with E-state index < -0.39 is 11.6 Å². The van der Waals surface area contributed by atoms with Crippen LogP contribution in [0.25, 0.3) is 11.3 Å². The number of carbonyl (C=O) groups excluding carboxylic acids is 1. The van der Waals surface area contributed by atoms with E-state index in [4.69, 9.17) is 0 Å². The third kappa shape index (κ3) is 3.54. The first-order valence-electron chi connectivity index (χ1n) is 9.66. The van der Waals surface area contributed by atoms with Gasteiger partial charge in [-0.05, 0) is 62.9 Å². The van der Waals surface area contributed by atoms with Crippen molar-refractivity contribution < 1.29 is 13.6 Å². The summed E-state index contributed by atoms with van der Waals surface area (Å²) in [6.07, 6.45) is 1.87. The second-order valence-corrected chi connectivity index (χ2v) is 7.57. The van der Waals surface area contributed by atoms with E-state index in [0.29, 0.717) is 23.5 Å². The van der Waals surface area contributed by atoms with Gasteiger partial charge in [0.05, 0.1) is 11.4 Å². The number of rotatable bonds is 4. The van der Waals surface area contributed by atoms with Crippen LogP contribution in [-0.2, 0) is 13.5 Å². The third-order valence-electron chi connectivity index (χ3n) is 5.67. The van der Waals surface area contributed by atoms with Crippen molar-refractivity contribution in [3.63, 3.8) is 0 Å².